The number of halogens is 2. The Bertz CT molecular complexity index is 1310. The summed E-state index contributed by atoms with van der Waals surface area (Å²) in [4.78, 5) is 26.8. The zero-order chi connectivity index (χ0) is 22.7. The Balaban J connectivity index is 1.44. The number of amides is 1. The fourth-order valence-electron chi connectivity index (χ4n) is 4.52. The van der Waals surface area contributed by atoms with Gasteiger partial charge in [-0.15, -0.1) is 0 Å². The molecule has 1 aliphatic heterocycles. The molecule has 32 heavy (non-hydrogen) atoms. The summed E-state index contributed by atoms with van der Waals surface area (Å²) in [7, 11) is 1.46. The summed E-state index contributed by atoms with van der Waals surface area (Å²) in [5.74, 6) is -0.0995. The Labute approximate surface area is 189 Å². The van der Waals surface area contributed by atoms with Gasteiger partial charge in [-0.2, -0.15) is 0 Å². The first kappa shape index (κ1) is 20.8. The van der Waals surface area contributed by atoms with Crippen LogP contribution in [0.4, 0.5) is 4.39 Å². The third kappa shape index (κ3) is 3.41. The molecule has 5 rings (SSSR count). The van der Waals surface area contributed by atoms with Crippen molar-refractivity contribution in [2.24, 2.45) is 13.0 Å². The summed E-state index contributed by atoms with van der Waals surface area (Å²) in [6.45, 7) is 2.70. The molecule has 2 heterocycles. The number of fused-ring (bicyclic) bond motifs is 1. The lowest BCUT2D eigenvalue weighted by Gasteiger charge is -2.23. The highest BCUT2D eigenvalue weighted by atomic mass is 35.5. The molecule has 6 nitrogen and oxygen atoms in total. The Morgan fingerprint density at radius 3 is 2.59 bits per heavy atom. The summed E-state index contributed by atoms with van der Waals surface area (Å²) in [5.41, 5.74) is 2.53. The summed E-state index contributed by atoms with van der Waals surface area (Å²) in [6.07, 6.45) is 3.61. The molecule has 0 saturated heterocycles. The lowest BCUT2D eigenvalue weighted by atomic mass is 9.98. The van der Waals surface area contributed by atoms with E-state index < -0.39 is 5.82 Å². The molecule has 1 atom stereocenters. The minimum Gasteiger partial charge on any atom is -0.493 e. The van der Waals surface area contributed by atoms with Crippen LogP contribution in [0.3, 0.4) is 0 Å². The van der Waals surface area contributed by atoms with E-state index in [1.165, 1.54) is 23.9 Å². The van der Waals surface area contributed by atoms with Gasteiger partial charge in [0.25, 0.3) is 5.91 Å². The van der Waals surface area contributed by atoms with E-state index in [4.69, 9.17) is 11.6 Å². The summed E-state index contributed by atoms with van der Waals surface area (Å²) in [5, 5.41) is 10.0. The Kier molecular flexibility index (Phi) is 4.89. The van der Waals surface area contributed by atoms with Gasteiger partial charge in [0.05, 0.1) is 23.3 Å². The number of hydrogen-bond donors (Lipinski definition) is 1. The third-order valence-corrected chi connectivity index (χ3v) is 6.93. The standard InChI is InChI=1S/C24H23ClFN3O3/c1-13(15-4-5-15)29-11-17-8-16(9-19(25)22(17)23(29)31)18-6-3-14(7-20(18)26)10-28-12-21(30)27(2)24(28)32/h3,6-9,12-13,15,30H,4-5,10-11H2,1-2H3/t13-/m0/s1. The van der Waals surface area contributed by atoms with E-state index in [2.05, 4.69) is 6.92 Å². The topological polar surface area (TPSA) is 67.5 Å². The van der Waals surface area contributed by atoms with Gasteiger partial charge in [0, 0.05) is 25.2 Å². The molecular weight excluding hydrogens is 433 g/mol. The Morgan fingerprint density at radius 1 is 1.22 bits per heavy atom. The molecule has 1 aromatic heterocycles. The molecule has 1 amide bonds. The number of rotatable bonds is 5. The lowest BCUT2D eigenvalue weighted by Crippen LogP contribution is -2.34. The third-order valence-electron chi connectivity index (χ3n) is 6.63. The van der Waals surface area contributed by atoms with Gasteiger partial charge in [-0.05, 0) is 60.6 Å². The van der Waals surface area contributed by atoms with Crippen LogP contribution >= 0.6 is 11.6 Å². The van der Waals surface area contributed by atoms with Crippen LogP contribution in [0.5, 0.6) is 5.88 Å². The van der Waals surface area contributed by atoms with Crippen molar-refractivity contribution in [3.63, 3.8) is 0 Å². The van der Waals surface area contributed by atoms with Crippen LogP contribution in [0.1, 0.15) is 41.3 Å². The Hall–Kier alpha value is -3.06. The fourth-order valence-corrected chi connectivity index (χ4v) is 4.84. The van der Waals surface area contributed by atoms with Gasteiger partial charge in [-0.3, -0.25) is 13.9 Å². The second-order valence-electron chi connectivity index (χ2n) is 8.77. The maximum Gasteiger partial charge on any atom is 0.331 e. The van der Waals surface area contributed by atoms with Crippen molar-refractivity contribution in [2.75, 3.05) is 0 Å². The predicted molar refractivity (Wildman–Crippen MR) is 119 cm³/mol. The number of nitrogens with zero attached hydrogens (tertiary/aromatic N) is 3. The molecule has 3 aromatic rings. The zero-order valence-electron chi connectivity index (χ0n) is 17.8. The zero-order valence-corrected chi connectivity index (χ0v) is 18.6. The van der Waals surface area contributed by atoms with Crippen molar-refractivity contribution in [1.82, 2.24) is 14.0 Å². The minimum absolute atomic E-state index is 0.0525. The molecule has 0 spiro atoms. The lowest BCUT2D eigenvalue weighted by molar-refractivity contribution is 0.0697. The van der Waals surface area contributed by atoms with Crippen molar-refractivity contribution in [3.8, 4) is 17.0 Å². The SMILES string of the molecule is C[C@@H](C1CC1)N1Cc2cc(-c3ccc(Cn4cc(O)n(C)c4=O)cc3F)cc(Cl)c2C1=O. The number of carbonyl (C=O) groups is 1. The van der Waals surface area contributed by atoms with Crippen molar-refractivity contribution in [1.29, 1.82) is 0 Å². The highest BCUT2D eigenvalue weighted by Gasteiger charge is 2.39. The maximum atomic E-state index is 15.0. The first-order valence-electron chi connectivity index (χ1n) is 10.6. The van der Waals surface area contributed by atoms with E-state index in [-0.39, 0.29) is 30.1 Å². The second kappa shape index (κ2) is 7.52. The van der Waals surface area contributed by atoms with E-state index in [0.29, 0.717) is 39.7 Å². The average molecular weight is 456 g/mol. The minimum atomic E-state index is -0.445. The number of imidazole rings is 1. The van der Waals surface area contributed by atoms with Crippen LogP contribution < -0.4 is 5.69 Å². The quantitative estimate of drug-likeness (QED) is 0.628. The number of carbonyl (C=O) groups excluding carboxylic acids is 1. The smallest absolute Gasteiger partial charge is 0.331 e. The normalized spacial score (nSPS) is 16.5. The van der Waals surface area contributed by atoms with Crippen molar-refractivity contribution in [3.05, 3.63) is 74.5 Å². The summed E-state index contributed by atoms with van der Waals surface area (Å²) >= 11 is 6.48. The molecular formula is C24H23ClFN3O3. The molecule has 1 fully saturated rings. The molecule has 2 aliphatic rings. The second-order valence-corrected chi connectivity index (χ2v) is 9.18. The van der Waals surface area contributed by atoms with Crippen molar-refractivity contribution < 1.29 is 14.3 Å². The molecule has 166 valence electrons. The van der Waals surface area contributed by atoms with Crippen LogP contribution in [0.2, 0.25) is 5.02 Å². The van der Waals surface area contributed by atoms with Crippen LogP contribution in [0, 0.1) is 11.7 Å². The van der Waals surface area contributed by atoms with Crippen LogP contribution in [-0.4, -0.2) is 31.1 Å². The van der Waals surface area contributed by atoms with E-state index in [0.717, 1.165) is 23.0 Å². The largest absolute Gasteiger partial charge is 0.493 e. The first-order valence-corrected chi connectivity index (χ1v) is 11.0. The highest BCUT2D eigenvalue weighted by molar-refractivity contribution is 6.34. The van der Waals surface area contributed by atoms with Gasteiger partial charge in [-0.25, -0.2) is 9.18 Å². The molecule has 2 aromatic carbocycles. The number of hydrogen-bond acceptors (Lipinski definition) is 3. The molecule has 0 unspecified atom stereocenters. The van der Waals surface area contributed by atoms with Crippen molar-refractivity contribution in [2.45, 2.75) is 38.9 Å². The van der Waals surface area contributed by atoms with Crippen LogP contribution in [0.25, 0.3) is 11.1 Å². The van der Waals surface area contributed by atoms with Gasteiger partial charge in [-0.1, -0.05) is 23.7 Å². The van der Waals surface area contributed by atoms with Gasteiger partial charge in [0.15, 0.2) is 0 Å². The van der Waals surface area contributed by atoms with Crippen LogP contribution in [-0.2, 0) is 20.1 Å². The monoisotopic (exact) mass is 455 g/mol. The average Bonchev–Trinajstić information content (AvgIpc) is 3.50. The molecule has 1 aliphatic carbocycles. The van der Waals surface area contributed by atoms with Gasteiger partial charge < -0.3 is 10.0 Å². The van der Waals surface area contributed by atoms with Gasteiger partial charge in [0.2, 0.25) is 5.88 Å². The molecule has 1 saturated carbocycles. The number of benzene rings is 2. The molecule has 0 radical (unpaired) electrons. The molecule has 1 N–H and O–H groups in total. The van der Waals surface area contributed by atoms with E-state index in [9.17, 15) is 14.7 Å². The van der Waals surface area contributed by atoms with Gasteiger partial charge >= 0.3 is 5.69 Å². The first-order chi connectivity index (χ1) is 15.2. The Morgan fingerprint density at radius 2 is 1.97 bits per heavy atom. The summed E-state index contributed by atoms with van der Waals surface area (Å²) < 4.78 is 17.5. The van der Waals surface area contributed by atoms with E-state index in [1.807, 2.05) is 11.0 Å². The number of aromatic nitrogens is 2. The maximum absolute atomic E-state index is 15.0. The van der Waals surface area contributed by atoms with E-state index >= 15 is 4.39 Å². The van der Waals surface area contributed by atoms with Gasteiger partial charge in [0.1, 0.15) is 5.82 Å². The van der Waals surface area contributed by atoms with Crippen LogP contribution in [0.15, 0.2) is 41.3 Å². The van der Waals surface area contributed by atoms with E-state index in [1.54, 1.807) is 18.2 Å². The highest BCUT2D eigenvalue weighted by Crippen LogP contribution is 2.41. The molecule has 8 heteroatoms. The fraction of sp³-hybridized carbons (Fsp3) is 0.333. The summed E-state index contributed by atoms with van der Waals surface area (Å²) in [6, 6.07) is 8.42. The number of aromatic hydroxyl groups is 1. The van der Waals surface area contributed by atoms with Crippen molar-refractivity contribution >= 4 is 17.5 Å². The predicted octanol–water partition coefficient (Wildman–Crippen LogP) is 4.15. The molecule has 0 bridgehead atoms.